The Bertz CT molecular complexity index is 1190. The lowest BCUT2D eigenvalue weighted by Crippen LogP contribution is -2.45. The van der Waals surface area contributed by atoms with Crippen LogP contribution >= 0.6 is 0 Å². The number of anilines is 1. The second kappa shape index (κ2) is 10.5. The second-order valence-corrected chi connectivity index (χ2v) is 8.81. The second-order valence-electron chi connectivity index (χ2n) is 8.81. The molecule has 2 amide bonds. The lowest BCUT2D eigenvalue weighted by molar-refractivity contribution is 0.0330. The number of methoxy groups -OCH3 is 1. The Kier molecular flexibility index (Phi) is 6.98. The van der Waals surface area contributed by atoms with E-state index in [1.54, 1.807) is 7.11 Å². The molecule has 0 saturated carbocycles. The summed E-state index contributed by atoms with van der Waals surface area (Å²) >= 11 is 0. The van der Waals surface area contributed by atoms with E-state index in [4.69, 9.17) is 18.9 Å². The molecule has 0 spiro atoms. The molecule has 2 N–H and O–H groups in total. The smallest absolute Gasteiger partial charge is 0.319 e. The van der Waals surface area contributed by atoms with Crippen molar-refractivity contribution in [2.75, 3.05) is 45.5 Å². The highest BCUT2D eigenvalue weighted by molar-refractivity contribution is 5.94. The molecule has 0 radical (unpaired) electrons. The average Bonchev–Trinajstić information content (AvgIpc) is 3.47. The van der Waals surface area contributed by atoms with Gasteiger partial charge in [-0.2, -0.15) is 0 Å². The fourth-order valence-electron chi connectivity index (χ4n) is 4.45. The maximum absolute atomic E-state index is 13.0. The monoisotopic (exact) mass is 478 g/mol. The Balaban J connectivity index is 1.26. The summed E-state index contributed by atoms with van der Waals surface area (Å²) in [5, 5.41) is 6.94. The van der Waals surface area contributed by atoms with Gasteiger partial charge in [0.25, 0.3) is 0 Å². The maximum atomic E-state index is 13.0. The summed E-state index contributed by atoms with van der Waals surface area (Å²) in [6.45, 7) is 5.39. The molecule has 2 atom stereocenters. The summed E-state index contributed by atoms with van der Waals surface area (Å²) in [7, 11) is 1.69. The quantitative estimate of drug-likeness (QED) is 0.513. The number of nitrogens with one attached hydrogen (secondary N) is 2. The third-order valence-electron chi connectivity index (χ3n) is 6.32. The Hall–Kier alpha value is -3.40. The standard InChI is InChI=1S/C26H30N4O5/c1-17-20(10-19-11-23-24(35-16-34-23)12-21(19)27-17)28-26(31)29-22-13-30(8-9-32-2)14-25(22)33-15-18-6-4-3-5-7-18/h3-7,10-12,22,25H,8-9,13-16H2,1-2H3,(H2,28,29,31). The van der Waals surface area contributed by atoms with Crippen molar-refractivity contribution in [1.82, 2.24) is 15.2 Å². The molecule has 3 aromatic rings. The van der Waals surface area contributed by atoms with Crippen LogP contribution in [0.5, 0.6) is 11.5 Å². The van der Waals surface area contributed by atoms with E-state index in [0.29, 0.717) is 36.9 Å². The molecule has 2 aliphatic heterocycles. The van der Waals surface area contributed by atoms with Gasteiger partial charge in [0.05, 0.1) is 42.3 Å². The zero-order valence-electron chi connectivity index (χ0n) is 20.0. The molecule has 1 fully saturated rings. The summed E-state index contributed by atoms with van der Waals surface area (Å²) in [6.07, 6.45) is -0.131. The van der Waals surface area contributed by atoms with E-state index >= 15 is 0 Å². The van der Waals surface area contributed by atoms with Gasteiger partial charge in [-0.15, -0.1) is 0 Å². The lowest BCUT2D eigenvalue weighted by atomic mass is 10.1. The molecule has 2 aliphatic rings. The zero-order valence-corrected chi connectivity index (χ0v) is 20.0. The topological polar surface area (TPSA) is 94.2 Å². The first-order chi connectivity index (χ1) is 17.1. The van der Waals surface area contributed by atoms with Gasteiger partial charge < -0.3 is 29.6 Å². The van der Waals surface area contributed by atoms with Crippen molar-refractivity contribution in [3.63, 3.8) is 0 Å². The van der Waals surface area contributed by atoms with Crippen molar-refractivity contribution >= 4 is 22.6 Å². The maximum Gasteiger partial charge on any atom is 0.319 e. The predicted octanol–water partition coefficient (Wildman–Crippen LogP) is 3.31. The summed E-state index contributed by atoms with van der Waals surface area (Å²) in [4.78, 5) is 19.9. The molecular weight excluding hydrogens is 448 g/mol. The van der Waals surface area contributed by atoms with E-state index in [1.807, 2.05) is 55.5 Å². The highest BCUT2D eigenvalue weighted by Crippen LogP contribution is 2.36. The number of hydrogen-bond acceptors (Lipinski definition) is 7. The van der Waals surface area contributed by atoms with Crippen LogP contribution in [0.1, 0.15) is 11.3 Å². The van der Waals surface area contributed by atoms with Crippen molar-refractivity contribution in [3.05, 3.63) is 59.8 Å². The first-order valence-corrected chi connectivity index (χ1v) is 11.7. The number of amides is 2. The molecular formula is C26H30N4O5. The number of benzene rings is 2. The molecule has 9 nitrogen and oxygen atoms in total. The number of likely N-dealkylation sites (tertiary alicyclic amines) is 1. The largest absolute Gasteiger partial charge is 0.454 e. The van der Waals surface area contributed by atoms with Crippen molar-refractivity contribution in [2.24, 2.45) is 0 Å². The Morgan fingerprint density at radius 3 is 2.74 bits per heavy atom. The van der Waals surface area contributed by atoms with E-state index in [9.17, 15) is 4.79 Å². The minimum atomic E-state index is -0.290. The first kappa shape index (κ1) is 23.3. The van der Waals surface area contributed by atoms with Crippen molar-refractivity contribution < 1.29 is 23.7 Å². The molecule has 1 aromatic heterocycles. The van der Waals surface area contributed by atoms with Crippen LogP contribution in [0, 0.1) is 6.92 Å². The molecule has 0 bridgehead atoms. The van der Waals surface area contributed by atoms with E-state index in [1.165, 1.54) is 0 Å². The third-order valence-corrected chi connectivity index (χ3v) is 6.32. The Labute approximate surface area is 204 Å². The highest BCUT2D eigenvalue weighted by Gasteiger charge is 2.34. The van der Waals surface area contributed by atoms with Crippen LogP contribution in [0.25, 0.3) is 10.9 Å². The molecule has 0 aliphatic carbocycles. The lowest BCUT2D eigenvalue weighted by Gasteiger charge is -2.21. The minimum Gasteiger partial charge on any atom is -0.454 e. The van der Waals surface area contributed by atoms with Gasteiger partial charge in [-0.05, 0) is 24.6 Å². The molecule has 1 saturated heterocycles. The number of nitrogens with zero attached hydrogens (tertiary/aromatic N) is 2. The van der Waals surface area contributed by atoms with Gasteiger partial charge in [-0.3, -0.25) is 9.88 Å². The van der Waals surface area contributed by atoms with E-state index < -0.39 is 0 Å². The van der Waals surface area contributed by atoms with E-state index in [0.717, 1.165) is 35.2 Å². The van der Waals surface area contributed by atoms with Crippen molar-refractivity contribution in [3.8, 4) is 11.5 Å². The molecule has 5 rings (SSSR count). The van der Waals surface area contributed by atoms with Gasteiger partial charge in [0, 0.05) is 38.2 Å². The van der Waals surface area contributed by atoms with Gasteiger partial charge in [0.15, 0.2) is 11.5 Å². The van der Waals surface area contributed by atoms with Gasteiger partial charge in [-0.25, -0.2) is 4.79 Å². The molecule has 184 valence electrons. The van der Waals surface area contributed by atoms with Crippen LogP contribution in [0.15, 0.2) is 48.5 Å². The van der Waals surface area contributed by atoms with Crippen molar-refractivity contribution in [2.45, 2.75) is 25.7 Å². The van der Waals surface area contributed by atoms with Crippen LogP contribution < -0.4 is 20.1 Å². The summed E-state index contributed by atoms with van der Waals surface area (Å²) < 4.78 is 22.4. The fourth-order valence-corrected chi connectivity index (χ4v) is 4.45. The number of hydrogen-bond donors (Lipinski definition) is 2. The van der Waals surface area contributed by atoms with Crippen LogP contribution in [0.4, 0.5) is 10.5 Å². The number of fused-ring (bicyclic) bond motifs is 2. The highest BCUT2D eigenvalue weighted by atomic mass is 16.7. The summed E-state index contributed by atoms with van der Waals surface area (Å²) in [5.41, 5.74) is 3.25. The van der Waals surface area contributed by atoms with E-state index in [-0.39, 0.29) is 25.0 Å². The summed E-state index contributed by atoms with van der Waals surface area (Å²) in [6, 6.07) is 15.2. The summed E-state index contributed by atoms with van der Waals surface area (Å²) in [5.74, 6) is 1.36. The van der Waals surface area contributed by atoms with Crippen LogP contribution in [-0.4, -0.2) is 68.2 Å². The Morgan fingerprint density at radius 1 is 1.14 bits per heavy atom. The number of aromatic nitrogens is 1. The molecule has 9 heteroatoms. The fraction of sp³-hybridized carbons (Fsp3) is 0.385. The number of carbonyl (C=O) groups is 1. The van der Waals surface area contributed by atoms with Gasteiger partial charge in [0.2, 0.25) is 6.79 Å². The van der Waals surface area contributed by atoms with Crippen LogP contribution in [0.3, 0.4) is 0 Å². The first-order valence-electron chi connectivity index (χ1n) is 11.7. The van der Waals surface area contributed by atoms with E-state index in [2.05, 4.69) is 20.5 Å². The molecule has 2 unspecified atom stereocenters. The van der Waals surface area contributed by atoms with Gasteiger partial charge in [0.1, 0.15) is 0 Å². The number of aryl methyl sites for hydroxylation is 1. The minimum absolute atomic E-state index is 0.131. The Morgan fingerprint density at radius 2 is 1.94 bits per heavy atom. The predicted molar refractivity (Wildman–Crippen MR) is 132 cm³/mol. The van der Waals surface area contributed by atoms with Crippen LogP contribution in [-0.2, 0) is 16.1 Å². The number of urea groups is 1. The molecule has 2 aromatic carbocycles. The number of carbonyl (C=O) groups excluding carboxylic acids is 1. The third kappa shape index (κ3) is 5.48. The molecule has 3 heterocycles. The average molecular weight is 479 g/mol. The number of pyridine rings is 1. The van der Waals surface area contributed by atoms with Crippen LogP contribution in [0.2, 0.25) is 0 Å². The SMILES string of the molecule is COCCN1CC(NC(=O)Nc2cc3cc4c(cc3nc2C)OCO4)C(OCc2ccccc2)C1. The zero-order chi connectivity index (χ0) is 24.2. The molecule has 35 heavy (non-hydrogen) atoms. The normalized spacial score (nSPS) is 19.3. The van der Waals surface area contributed by atoms with Crippen molar-refractivity contribution in [1.29, 1.82) is 0 Å². The number of ether oxygens (including phenoxy) is 4. The van der Waals surface area contributed by atoms with Gasteiger partial charge >= 0.3 is 6.03 Å². The number of rotatable bonds is 8. The van der Waals surface area contributed by atoms with Gasteiger partial charge in [-0.1, -0.05) is 30.3 Å².